The second-order valence-corrected chi connectivity index (χ2v) is 6.65. The number of nitrogens with zero attached hydrogens (tertiary/aromatic N) is 1. The number of rotatable bonds is 3. The molecule has 3 nitrogen and oxygen atoms in total. The Balaban J connectivity index is 2.37. The van der Waals surface area contributed by atoms with Crippen LogP contribution in [0.3, 0.4) is 0 Å². The van der Waals surface area contributed by atoms with E-state index < -0.39 is 27.2 Å². The summed E-state index contributed by atoms with van der Waals surface area (Å²) >= 11 is 5.54. The zero-order valence-electron chi connectivity index (χ0n) is 10.5. The highest BCUT2D eigenvalue weighted by Gasteiger charge is 2.19. The van der Waals surface area contributed by atoms with Crippen LogP contribution in [0.1, 0.15) is 11.1 Å². The van der Waals surface area contributed by atoms with Gasteiger partial charge in [0.2, 0.25) is 0 Å². The Hall–Kier alpha value is -1.97. The van der Waals surface area contributed by atoms with Gasteiger partial charge < -0.3 is 0 Å². The average molecular weight is 328 g/mol. The van der Waals surface area contributed by atoms with Crippen molar-refractivity contribution < 1.29 is 17.2 Å². The number of halogens is 3. The van der Waals surface area contributed by atoms with Gasteiger partial charge in [-0.25, -0.2) is 17.2 Å². The molecule has 0 bridgehead atoms. The van der Waals surface area contributed by atoms with Crippen molar-refractivity contribution in [2.45, 2.75) is 10.6 Å². The number of hydrogen-bond donors (Lipinski definition) is 0. The maximum Gasteiger partial charge on any atom is 0.182 e. The van der Waals surface area contributed by atoms with Crippen LogP contribution in [-0.4, -0.2) is 8.42 Å². The monoisotopic (exact) mass is 327 g/mol. The van der Waals surface area contributed by atoms with E-state index in [1.165, 1.54) is 12.1 Å². The zero-order chi connectivity index (χ0) is 15.6. The second-order valence-electron chi connectivity index (χ2n) is 4.25. The third-order valence-electron chi connectivity index (χ3n) is 2.78. The molecular weight excluding hydrogens is 320 g/mol. The summed E-state index contributed by atoms with van der Waals surface area (Å²) in [5.41, 5.74) is 0.0212. The first-order valence-electron chi connectivity index (χ1n) is 5.70. The van der Waals surface area contributed by atoms with E-state index in [1.54, 1.807) is 6.07 Å². The molecule has 0 saturated heterocycles. The van der Waals surface area contributed by atoms with Gasteiger partial charge in [0.25, 0.3) is 0 Å². The van der Waals surface area contributed by atoms with E-state index in [2.05, 4.69) is 0 Å². The van der Waals surface area contributed by atoms with Crippen molar-refractivity contribution >= 4 is 21.4 Å². The van der Waals surface area contributed by atoms with E-state index in [-0.39, 0.29) is 21.0 Å². The summed E-state index contributed by atoms with van der Waals surface area (Å²) in [6.07, 6.45) is 0. The topological polar surface area (TPSA) is 57.9 Å². The molecule has 2 aromatic rings. The summed E-state index contributed by atoms with van der Waals surface area (Å²) in [5, 5.41) is 8.31. The summed E-state index contributed by atoms with van der Waals surface area (Å²) in [4.78, 5) is -0.197. The normalized spacial score (nSPS) is 11.1. The van der Waals surface area contributed by atoms with Crippen LogP contribution in [0.5, 0.6) is 0 Å². The van der Waals surface area contributed by atoms with Crippen LogP contribution >= 0.6 is 11.6 Å². The van der Waals surface area contributed by atoms with E-state index >= 15 is 0 Å². The SMILES string of the molecule is N#Cc1ccc(CS(=O)(=O)c2ccc(F)c(Cl)c2)c(F)c1. The van der Waals surface area contributed by atoms with E-state index in [1.807, 2.05) is 0 Å². The molecule has 0 amide bonds. The van der Waals surface area contributed by atoms with Crippen LogP contribution in [0.2, 0.25) is 5.02 Å². The minimum atomic E-state index is -3.87. The first-order valence-corrected chi connectivity index (χ1v) is 7.73. The van der Waals surface area contributed by atoms with Crippen molar-refractivity contribution in [3.63, 3.8) is 0 Å². The lowest BCUT2D eigenvalue weighted by Gasteiger charge is -2.07. The van der Waals surface area contributed by atoms with Gasteiger partial charge in [-0.1, -0.05) is 17.7 Å². The standard InChI is InChI=1S/C14H8ClF2NO2S/c15-12-6-11(3-4-13(12)16)21(19,20)8-10-2-1-9(7-18)5-14(10)17/h1-6H,8H2. The average Bonchev–Trinajstić information content (AvgIpc) is 2.43. The molecule has 7 heteroatoms. The van der Waals surface area contributed by atoms with Crippen molar-refractivity contribution in [2.24, 2.45) is 0 Å². The van der Waals surface area contributed by atoms with Gasteiger partial charge in [0.15, 0.2) is 9.84 Å². The Morgan fingerprint density at radius 2 is 1.81 bits per heavy atom. The van der Waals surface area contributed by atoms with Crippen molar-refractivity contribution in [1.82, 2.24) is 0 Å². The summed E-state index contributed by atoms with van der Waals surface area (Å²) in [5.74, 6) is -2.13. The van der Waals surface area contributed by atoms with Gasteiger partial charge >= 0.3 is 0 Å². The summed E-state index contributed by atoms with van der Waals surface area (Å²) in [6.45, 7) is 0. The van der Waals surface area contributed by atoms with Gasteiger partial charge in [0.1, 0.15) is 11.6 Å². The Morgan fingerprint density at radius 3 is 2.38 bits per heavy atom. The molecule has 0 radical (unpaired) electrons. The van der Waals surface area contributed by atoms with Gasteiger partial charge in [-0.05, 0) is 30.3 Å². The Kier molecular flexibility index (Phi) is 4.26. The molecular formula is C14H8ClF2NO2S. The van der Waals surface area contributed by atoms with Crippen LogP contribution in [0.15, 0.2) is 41.3 Å². The molecule has 21 heavy (non-hydrogen) atoms. The van der Waals surface area contributed by atoms with Crippen molar-refractivity contribution in [1.29, 1.82) is 5.26 Å². The fraction of sp³-hybridized carbons (Fsp3) is 0.0714. The lowest BCUT2D eigenvalue weighted by atomic mass is 10.1. The number of hydrogen-bond acceptors (Lipinski definition) is 3. The molecule has 0 aliphatic rings. The molecule has 0 N–H and O–H groups in total. The Morgan fingerprint density at radius 1 is 1.10 bits per heavy atom. The van der Waals surface area contributed by atoms with Crippen molar-refractivity contribution in [3.05, 3.63) is 64.2 Å². The molecule has 2 rings (SSSR count). The van der Waals surface area contributed by atoms with Gasteiger partial charge in [0, 0.05) is 5.56 Å². The molecule has 0 aliphatic carbocycles. The van der Waals surface area contributed by atoms with Gasteiger partial charge in [0.05, 0.1) is 27.3 Å². The number of nitriles is 1. The van der Waals surface area contributed by atoms with E-state index in [0.717, 1.165) is 24.3 Å². The molecule has 0 spiro atoms. The minimum absolute atomic E-state index is 0.0746. The third kappa shape index (κ3) is 3.38. The molecule has 0 unspecified atom stereocenters. The first kappa shape index (κ1) is 15.4. The lowest BCUT2D eigenvalue weighted by Crippen LogP contribution is -2.07. The highest BCUT2D eigenvalue weighted by molar-refractivity contribution is 7.90. The number of sulfone groups is 1. The highest BCUT2D eigenvalue weighted by atomic mass is 35.5. The molecule has 108 valence electrons. The largest absolute Gasteiger partial charge is 0.223 e. The van der Waals surface area contributed by atoms with Gasteiger partial charge in [-0.2, -0.15) is 5.26 Å². The second kappa shape index (κ2) is 5.80. The Bertz CT molecular complexity index is 845. The molecule has 0 saturated carbocycles. The van der Waals surface area contributed by atoms with Gasteiger partial charge in [-0.15, -0.1) is 0 Å². The summed E-state index contributed by atoms with van der Waals surface area (Å²) in [7, 11) is -3.87. The minimum Gasteiger partial charge on any atom is -0.223 e. The van der Waals surface area contributed by atoms with Crippen molar-refractivity contribution in [3.8, 4) is 6.07 Å². The highest BCUT2D eigenvalue weighted by Crippen LogP contribution is 2.23. The summed E-state index contributed by atoms with van der Waals surface area (Å²) < 4.78 is 51.1. The van der Waals surface area contributed by atoms with Crippen LogP contribution in [0, 0.1) is 23.0 Å². The molecule has 0 fully saturated rings. The zero-order valence-corrected chi connectivity index (χ0v) is 12.0. The molecule has 2 aromatic carbocycles. The molecule has 0 heterocycles. The van der Waals surface area contributed by atoms with E-state index in [9.17, 15) is 17.2 Å². The Labute approximate surface area is 125 Å². The smallest absolute Gasteiger partial charge is 0.182 e. The maximum absolute atomic E-state index is 13.7. The third-order valence-corrected chi connectivity index (χ3v) is 4.73. The van der Waals surface area contributed by atoms with Crippen LogP contribution in [0.25, 0.3) is 0 Å². The van der Waals surface area contributed by atoms with Crippen LogP contribution in [-0.2, 0) is 15.6 Å². The van der Waals surface area contributed by atoms with Crippen molar-refractivity contribution in [2.75, 3.05) is 0 Å². The fourth-order valence-electron chi connectivity index (χ4n) is 1.69. The quantitative estimate of drug-likeness (QED) is 0.811. The fourth-order valence-corrected chi connectivity index (χ4v) is 3.32. The maximum atomic E-state index is 13.7. The van der Waals surface area contributed by atoms with Gasteiger partial charge in [-0.3, -0.25) is 0 Å². The first-order chi connectivity index (χ1) is 9.83. The predicted octanol–water partition coefficient (Wildman–Crippen LogP) is 3.46. The van der Waals surface area contributed by atoms with Crippen LogP contribution < -0.4 is 0 Å². The molecule has 0 atom stereocenters. The molecule has 0 aliphatic heterocycles. The van der Waals surface area contributed by atoms with E-state index in [4.69, 9.17) is 16.9 Å². The number of benzene rings is 2. The van der Waals surface area contributed by atoms with Crippen LogP contribution in [0.4, 0.5) is 8.78 Å². The summed E-state index contributed by atoms with van der Waals surface area (Å²) in [6, 6.07) is 8.26. The van der Waals surface area contributed by atoms with E-state index in [0.29, 0.717) is 0 Å². The molecule has 0 aromatic heterocycles. The predicted molar refractivity (Wildman–Crippen MR) is 73.4 cm³/mol. The lowest BCUT2D eigenvalue weighted by molar-refractivity contribution is 0.586.